The number of hydrogen-bond acceptors (Lipinski definition) is 18. The molecule has 552 valence electrons. The first-order chi connectivity index (χ1) is 47.9. The second-order valence-electron chi connectivity index (χ2n) is 27.9. The molecule has 4 aromatic rings. The second-order valence-corrected chi connectivity index (χ2v) is 27.9. The number of carboxylic acids is 1. The van der Waals surface area contributed by atoms with Crippen LogP contribution in [0.25, 0.3) is 10.9 Å². The standard InChI is InChI=1S/C50H66N10O11.C21H36N4O5/c1-28(2)15-32(30(4)61)19-44(64)41(18-34-22-53-39-10-7-6-9-38(34)39)59-47(68)29(3)16-37(63)25-54-49(70)43-11-8-14-60(43)50(71)40(12-13-46(66)67)58-48(69)33(17-35-23-51-26-55-35)20-45(65)42(57-31(5)62)21-36-24-52-27-56-36;1-13(2)10-14(11-18(27)16-6-4-8-24(16)3)20(29)23-15(12-26)21(30)25-9-5-7-17(25)19(22)28/h6-7,9-10,22-24,26-29,32-33,40-43,53H,8,11-21,25H2,1-5H3,(H,51,55)(H,52,56)(H,54,70)(H,57,62)(H,58,69)(H,59,68)(H,66,67);13-17,26H,4-12H2,1-3H3,(H2,22,28)(H,23,29)/t29-,32-,33-,40+,41+,42+,43+;14-,15+,16+,17+/m11/s1. The smallest absolute Gasteiger partial charge is 0.303 e. The number of Topliss-reactive ketones (excluding diaryl/α,β-unsaturated/α-hetero) is 5. The molecule has 101 heavy (non-hydrogen) atoms. The highest BCUT2D eigenvalue weighted by Gasteiger charge is 2.41. The van der Waals surface area contributed by atoms with Gasteiger partial charge in [-0.1, -0.05) is 52.8 Å². The fourth-order valence-corrected chi connectivity index (χ4v) is 13.5. The van der Waals surface area contributed by atoms with Gasteiger partial charge in [-0.15, -0.1) is 0 Å². The van der Waals surface area contributed by atoms with E-state index in [1.54, 1.807) is 6.20 Å². The van der Waals surface area contributed by atoms with Gasteiger partial charge in [0, 0.05) is 130 Å². The second kappa shape index (κ2) is 39.0. The van der Waals surface area contributed by atoms with Crippen LogP contribution in [0.2, 0.25) is 0 Å². The Hall–Kier alpha value is -9.32. The topological polar surface area (TPSA) is 448 Å². The summed E-state index contributed by atoms with van der Waals surface area (Å²) in [4.78, 5) is 204. The number of nitrogens with one attached hydrogen (secondary N) is 8. The monoisotopic (exact) mass is 1410 g/mol. The molecule has 3 aliphatic rings. The minimum Gasteiger partial charge on any atom is -0.481 e. The van der Waals surface area contributed by atoms with E-state index in [1.807, 2.05) is 63.9 Å². The number of para-hydroxylation sites is 1. The number of aliphatic carboxylic acids is 1. The molecule has 0 aliphatic carbocycles. The van der Waals surface area contributed by atoms with Crippen molar-refractivity contribution < 1.29 is 77.3 Å². The van der Waals surface area contributed by atoms with E-state index in [1.165, 1.54) is 55.6 Å². The lowest BCUT2D eigenvalue weighted by molar-refractivity contribution is -0.143. The molecule has 30 nitrogen and oxygen atoms in total. The molecular formula is C71H102N14O16. The van der Waals surface area contributed by atoms with Crippen LogP contribution in [0, 0.1) is 35.5 Å². The maximum Gasteiger partial charge on any atom is 0.303 e. The maximum atomic E-state index is 14.2. The summed E-state index contributed by atoms with van der Waals surface area (Å²) < 4.78 is 0. The number of carboxylic acid groups (broad SMARTS) is 1. The quantitative estimate of drug-likeness (QED) is 0.0305. The van der Waals surface area contributed by atoms with Crippen LogP contribution < -0.4 is 32.3 Å². The number of benzene rings is 1. The zero-order valence-corrected chi connectivity index (χ0v) is 59.2. The number of likely N-dealkylation sites (N-methyl/N-ethyl adjacent to an activating group) is 1. The number of nitrogens with zero attached hydrogens (tertiary/aromatic N) is 5. The van der Waals surface area contributed by atoms with Crippen LogP contribution in [0.3, 0.4) is 0 Å². The number of primary amides is 1. The van der Waals surface area contributed by atoms with Gasteiger partial charge >= 0.3 is 5.97 Å². The van der Waals surface area contributed by atoms with Gasteiger partial charge in [-0.3, -0.25) is 72.0 Å². The van der Waals surface area contributed by atoms with Gasteiger partial charge in [0.25, 0.3) is 0 Å². The van der Waals surface area contributed by atoms with E-state index < -0.39 is 144 Å². The lowest BCUT2D eigenvalue weighted by atomic mass is 9.86. The molecule has 8 amide bonds. The molecule has 11 atom stereocenters. The molecular weight excluding hydrogens is 1300 g/mol. The molecule has 1 aromatic carbocycles. The number of carbonyl (C=O) groups excluding carboxylic acids is 13. The normalized spacial score (nSPS) is 18.4. The van der Waals surface area contributed by atoms with Gasteiger partial charge in [-0.05, 0) is 102 Å². The Morgan fingerprint density at radius 3 is 1.73 bits per heavy atom. The maximum absolute atomic E-state index is 14.2. The van der Waals surface area contributed by atoms with Gasteiger partial charge in [-0.2, -0.15) is 0 Å². The van der Waals surface area contributed by atoms with Crippen molar-refractivity contribution in [1.82, 2.24) is 66.2 Å². The molecule has 0 bridgehead atoms. The van der Waals surface area contributed by atoms with Crippen molar-refractivity contribution in [3.8, 4) is 0 Å². The zero-order chi connectivity index (χ0) is 74.2. The van der Waals surface area contributed by atoms with Crippen LogP contribution in [-0.2, 0) is 86.4 Å². The first-order valence-corrected chi connectivity index (χ1v) is 34.9. The van der Waals surface area contributed by atoms with Crippen molar-refractivity contribution in [2.24, 2.45) is 41.2 Å². The summed E-state index contributed by atoms with van der Waals surface area (Å²) in [6.45, 7) is 12.4. The third kappa shape index (κ3) is 24.5. The van der Waals surface area contributed by atoms with Gasteiger partial charge in [-0.25, -0.2) is 9.97 Å². The summed E-state index contributed by atoms with van der Waals surface area (Å²) in [5, 5.41) is 33.5. The van der Waals surface area contributed by atoms with Crippen molar-refractivity contribution in [3.63, 3.8) is 0 Å². The predicted molar refractivity (Wildman–Crippen MR) is 369 cm³/mol. The highest BCUT2D eigenvalue weighted by atomic mass is 16.4. The number of aromatic amines is 3. The molecule has 0 saturated carbocycles. The van der Waals surface area contributed by atoms with Crippen LogP contribution in [0.5, 0.6) is 0 Å². The van der Waals surface area contributed by atoms with Gasteiger partial charge in [0.05, 0.1) is 49.8 Å². The molecule has 6 heterocycles. The fraction of sp³-hybridized carbons (Fsp3) is 0.606. The fourth-order valence-electron chi connectivity index (χ4n) is 13.5. The zero-order valence-electron chi connectivity index (χ0n) is 59.2. The number of hydrogen-bond donors (Lipinski definition) is 11. The van der Waals surface area contributed by atoms with Crippen LogP contribution >= 0.6 is 0 Å². The summed E-state index contributed by atoms with van der Waals surface area (Å²) in [5.41, 5.74) is 8.07. The van der Waals surface area contributed by atoms with Crippen LogP contribution in [0.15, 0.2) is 55.5 Å². The largest absolute Gasteiger partial charge is 0.481 e. The number of rotatable bonds is 39. The molecule has 12 N–H and O–H groups in total. The summed E-state index contributed by atoms with van der Waals surface area (Å²) >= 11 is 0. The summed E-state index contributed by atoms with van der Waals surface area (Å²) in [6, 6.07) is 0.987. The van der Waals surface area contributed by atoms with Gasteiger partial charge in [0.1, 0.15) is 30.0 Å². The molecule has 0 spiro atoms. The van der Waals surface area contributed by atoms with Crippen LogP contribution in [0.4, 0.5) is 0 Å². The first kappa shape index (κ1) is 80.7. The van der Waals surface area contributed by atoms with Crippen LogP contribution in [0.1, 0.15) is 155 Å². The van der Waals surface area contributed by atoms with Crippen molar-refractivity contribution in [1.29, 1.82) is 0 Å². The van der Waals surface area contributed by atoms with E-state index in [-0.39, 0.29) is 99.6 Å². The lowest BCUT2D eigenvalue weighted by Gasteiger charge is -2.29. The Labute approximate surface area is 587 Å². The number of imidazole rings is 2. The minimum atomic E-state index is -1.42. The first-order valence-electron chi connectivity index (χ1n) is 34.9. The molecule has 7 rings (SSSR count). The number of likely N-dealkylation sites (tertiary alicyclic amines) is 3. The third-order valence-corrected chi connectivity index (χ3v) is 18.8. The number of H-pyrrole nitrogens is 3. The van der Waals surface area contributed by atoms with Gasteiger partial charge < -0.3 is 67.3 Å². The number of fused-ring (bicyclic) bond motifs is 1. The number of aliphatic hydroxyl groups is 1. The average molecular weight is 1410 g/mol. The summed E-state index contributed by atoms with van der Waals surface area (Å²) in [6.07, 6.45) is 10.7. The van der Waals surface area contributed by atoms with Crippen molar-refractivity contribution in [2.75, 3.05) is 39.8 Å². The minimum absolute atomic E-state index is 0.0268. The Morgan fingerprint density at radius 2 is 1.16 bits per heavy atom. The molecule has 0 radical (unpaired) electrons. The molecule has 0 unspecified atom stereocenters. The summed E-state index contributed by atoms with van der Waals surface area (Å²) in [5.74, 6) is -10.1. The highest BCUT2D eigenvalue weighted by Crippen LogP contribution is 2.27. The number of amides is 8. The highest BCUT2D eigenvalue weighted by molar-refractivity contribution is 5.99. The van der Waals surface area contributed by atoms with Crippen molar-refractivity contribution in [3.05, 3.63) is 72.5 Å². The van der Waals surface area contributed by atoms with E-state index in [0.29, 0.717) is 50.0 Å². The number of aliphatic hydroxyl groups excluding tert-OH is 1. The van der Waals surface area contributed by atoms with E-state index in [0.717, 1.165) is 35.9 Å². The SMILES string of the molecule is CC(=O)N[C@@H](Cc1cnc[nH]1)C(=O)C[C@@H](Cc1cnc[nH]1)C(=O)N[C@@H](CCC(=O)O)C(=O)N1CCC[C@H]1C(=O)NCC(=O)C[C@@H](C)C(=O)N[C@@H](Cc1c[nH]c2ccccc12)C(=O)C[C@@H](CC(C)C)C(C)=O.CC(C)C[C@H](CC(=O)[C@@H]1CCCN1C)C(=O)N[C@@H](CO)C(=O)N1CCC[C@H]1C(N)=O. The predicted octanol–water partition coefficient (Wildman–Crippen LogP) is 2.12. The Kier molecular flexibility index (Phi) is 31.2. The third-order valence-electron chi connectivity index (χ3n) is 18.8. The number of ketones is 5. The number of aromatic nitrogens is 5. The van der Waals surface area contributed by atoms with E-state index in [2.05, 4.69) is 51.5 Å². The Balaban J connectivity index is 0.000000445. The Bertz CT molecular complexity index is 3530. The average Bonchev–Trinajstić information content (AvgIpc) is 1.74. The summed E-state index contributed by atoms with van der Waals surface area (Å²) in [7, 11) is 1.92. The van der Waals surface area contributed by atoms with E-state index in [9.17, 15) is 77.3 Å². The van der Waals surface area contributed by atoms with E-state index in [4.69, 9.17) is 5.73 Å². The van der Waals surface area contributed by atoms with Crippen molar-refractivity contribution >= 4 is 93.0 Å². The molecule has 3 fully saturated rings. The number of nitrogens with two attached hydrogens (primary N) is 1. The molecule has 3 aliphatic heterocycles. The van der Waals surface area contributed by atoms with Gasteiger partial charge in [0.2, 0.25) is 47.3 Å². The molecule has 3 aromatic heterocycles. The van der Waals surface area contributed by atoms with E-state index >= 15 is 0 Å². The van der Waals surface area contributed by atoms with Crippen LogP contribution in [-0.4, -0.2) is 214 Å². The molecule has 3 saturated heterocycles. The molecule has 30 heteroatoms. The van der Waals surface area contributed by atoms with Crippen molar-refractivity contribution in [2.45, 2.75) is 200 Å². The van der Waals surface area contributed by atoms with Gasteiger partial charge in [0.15, 0.2) is 23.1 Å². The number of carbonyl (C=O) groups is 14. The lowest BCUT2D eigenvalue weighted by Crippen LogP contribution is -2.55. The Morgan fingerprint density at radius 1 is 0.614 bits per heavy atom.